The number of phenols is 1. The van der Waals surface area contributed by atoms with Crippen LogP contribution in [0, 0.1) is 6.92 Å². The molecule has 0 fully saturated rings. The van der Waals surface area contributed by atoms with E-state index in [4.69, 9.17) is 16.6 Å². The van der Waals surface area contributed by atoms with E-state index < -0.39 is 0 Å². The number of fused-ring (bicyclic) bond motifs is 1. The van der Waals surface area contributed by atoms with E-state index in [-0.39, 0.29) is 5.75 Å². The molecule has 0 aliphatic rings. The molecule has 0 aliphatic heterocycles. The van der Waals surface area contributed by atoms with Crippen LogP contribution in [0.25, 0.3) is 16.9 Å². The first kappa shape index (κ1) is 15.5. The number of aromatic hydroxyl groups is 1. The van der Waals surface area contributed by atoms with Gasteiger partial charge in [-0.2, -0.15) is 0 Å². The Kier molecular flexibility index (Phi) is 3.82. The molecule has 0 atom stereocenters. The van der Waals surface area contributed by atoms with Gasteiger partial charge in [-0.15, -0.1) is 0 Å². The van der Waals surface area contributed by atoms with Crippen molar-refractivity contribution in [2.45, 2.75) is 6.92 Å². The molecule has 0 aliphatic carbocycles. The molecule has 0 unspecified atom stereocenters. The summed E-state index contributed by atoms with van der Waals surface area (Å²) in [6.07, 6.45) is 1.94. The largest absolute Gasteiger partial charge is 0.507 e. The van der Waals surface area contributed by atoms with Gasteiger partial charge in [0.15, 0.2) is 0 Å². The highest BCUT2D eigenvalue weighted by molar-refractivity contribution is 6.31. The Hall–Kier alpha value is -2.98. The van der Waals surface area contributed by atoms with Crippen LogP contribution in [0.2, 0.25) is 5.02 Å². The zero-order valence-electron chi connectivity index (χ0n) is 13.6. The molecule has 0 saturated carbocycles. The fourth-order valence-corrected chi connectivity index (χ4v) is 3.02. The lowest BCUT2D eigenvalue weighted by Crippen LogP contribution is -1.99. The van der Waals surface area contributed by atoms with Crippen LogP contribution in [0.15, 0.2) is 66.9 Å². The molecule has 2 aromatic carbocycles. The second-order valence-electron chi connectivity index (χ2n) is 5.79. The van der Waals surface area contributed by atoms with Crippen LogP contribution in [0.1, 0.15) is 5.56 Å². The highest BCUT2D eigenvalue weighted by Gasteiger charge is 2.17. The number of halogens is 1. The molecule has 5 heteroatoms. The molecule has 0 radical (unpaired) electrons. The number of imidazole rings is 1. The molecule has 4 aromatic rings. The van der Waals surface area contributed by atoms with Crippen LogP contribution in [0.4, 0.5) is 11.5 Å². The van der Waals surface area contributed by atoms with Crippen LogP contribution >= 0.6 is 11.6 Å². The summed E-state index contributed by atoms with van der Waals surface area (Å²) < 4.78 is 1.96. The molecule has 25 heavy (non-hydrogen) atoms. The van der Waals surface area contributed by atoms with Crippen molar-refractivity contribution in [3.05, 3.63) is 77.4 Å². The fraction of sp³-hybridized carbons (Fsp3) is 0.0500. The zero-order valence-corrected chi connectivity index (χ0v) is 14.3. The van der Waals surface area contributed by atoms with Gasteiger partial charge >= 0.3 is 0 Å². The standard InChI is InChI=1S/C20H16ClN3O/c1-13-15(21)8-6-9-16(13)22-20-19(14-7-2-3-10-17(14)25)23-18-11-4-5-12-24(18)20/h2-12,22,25H,1H3. The van der Waals surface area contributed by atoms with Gasteiger partial charge in [0.2, 0.25) is 0 Å². The molecule has 0 amide bonds. The molecule has 0 saturated heterocycles. The Bertz CT molecular complexity index is 1070. The topological polar surface area (TPSA) is 49.6 Å². The van der Waals surface area contributed by atoms with Gasteiger partial charge in [0, 0.05) is 22.5 Å². The third-order valence-electron chi connectivity index (χ3n) is 4.21. The van der Waals surface area contributed by atoms with Crippen LogP contribution in [-0.4, -0.2) is 14.5 Å². The van der Waals surface area contributed by atoms with E-state index in [9.17, 15) is 5.11 Å². The van der Waals surface area contributed by atoms with E-state index in [1.165, 1.54) is 0 Å². The molecule has 2 heterocycles. The monoisotopic (exact) mass is 349 g/mol. The number of benzene rings is 2. The Labute approximate surface area is 150 Å². The van der Waals surface area contributed by atoms with Crippen molar-refractivity contribution in [2.75, 3.05) is 5.32 Å². The molecule has 124 valence electrons. The van der Waals surface area contributed by atoms with Gasteiger partial charge in [-0.1, -0.05) is 35.9 Å². The van der Waals surface area contributed by atoms with Gasteiger partial charge < -0.3 is 10.4 Å². The summed E-state index contributed by atoms with van der Waals surface area (Å²) in [6.45, 7) is 1.97. The van der Waals surface area contributed by atoms with Crippen molar-refractivity contribution in [1.82, 2.24) is 9.38 Å². The van der Waals surface area contributed by atoms with Gasteiger partial charge in [0.25, 0.3) is 0 Å². The van der Waals surface area contributed by atoms with E-state index >= 15 is 0 Å². The quantitative estimate of drug-likeness (QED) is 0.519. The van der Waals surface area contributed by atoms with Crippen molar-refractivity contribution < 1.29 is 5.11 Å². The van der Waals surface area contributed by atoms with Crippen molar-refractivity contribution in [2.24, 2.45) is 0 Å². The number of anilines is 2. The second kappa shape index (κ2) is 6.15. The van der Waals surface area contributed by atoms with E-state index in [1.807, 2.05) is 66.1 Å². The number of phenolic OH excluding ortho intramolecular Hbond substituents is 1. The third kappa shape index (κ3) is 2.71. The maximum absolute atomic E-state index is 10.3. The number of pyridine rings is 1. The average Bonchev–Trinajstić information content (AvgIpc) is 2.98. The van der Waals surface area contributed by atoms with Gasteiger partial charge in [0.1, 0.15) is 22.9 Å². The predicted molar refractivity (Wildman–Crippen MR) is 102 cm³/mol. The molecule has 2 N–H and O–H groups in total. The number of aromatic nitrogens is 2. The second-order valence-corrected chi connectivity index (χ2v) is 6.20. The predicted octanol–water partition coefficient (Wildman–Crippen LogP) is 5.41. The van der Waals surface area contributed by atoms with Crippen molar-refractivity contribution in [1.29, 1.82) is 0 Å². The van der Waals surface area contributed by atoms with Gasteiger partial charge in [0.05, 0.1) is 0 Å². The number of hydrogen-bond donors (Lipinski definition) is 2. The van der Waals surface area contributed by atoms with Crippen molar-refractivity contribution >= 4 is 28.8 Å². The van der Waals surface area contributed by atoms with Crippen LogP contribution in [0.5, 0.6) is 5.75 Å². The number of rotatable bonds is 3. The Morgan fingerprint density at radius 3 is 2.64 bits per heavy atom. The molecular formula is C20H16ClN3O. The maximum atomic E-state index is 10.3. The number of nitrogens with zero attached hydrogens (tertiary/aromatic N) is 2. The molecule has 2 aromatic heterocycles. The van der Waals surface area contributed by atoms with Crippen molar-refractivity contribution in [3.63, 3.8) is 0 Å². The summed E-state index contributed by atoms with van der Waals surface area (Å²) in [7, 11) is 0. The fourth-order valence-electron chi connectivity index (χ4n) is 2.85. The first-order chi connectivity index (χ1) is 12.1. The SMILES string of the molecule is Cc1c(Cl)cccc1Nc1c(-c2ccccc2O)nc2ccccn12. The highest BCUT2D eigenvalue weighted by atomic mass is 35.5. The zero-order chi connectivity index (χ0) is 17.4. The number of nitrogens with one attached hydrogen (secondary N) is 1. The minimum absolute atomic E-state index is 0.191. The van der Waals surface area contributed by atoms with E-state index in [0.717, 1.165) is 22.7 Å². The lowest BCUT2D eigenvalue weighted by molar-refractivity contribution is 0.477. The third-order valence-corrected chi connectivity index (χ3v) is 4.62. The number of hydrogen-bond acceptors (Lipinski definition) is 3. The summed E-state index contributed by atoms with van der Waals surface area (Å²) in [6, 6.07) is 18.7. The van der Waals surface area contributed by atoms with Gasteiger partial charge in [-0.25, -0.2) is 4.98 Å². The first-order valence-corrected chi connectivity index (χ1v) is 8.30. The molecule has 4 nitrogen and oxygen atoms in total. The molecular weight excluding hydrogens is 334 g/mol. The summed E-state index contributed by atoms with van der Waals surface area (Å²) in [4.78, 5) is 4.70. The van der Waals surface area contributed by atoms with E-state index in [1.54, 1.807) is 12.1 Å². The summed E-state index contributed by atoms with van der Waals surface area (Å²) in [5.41, 5.74) is 4.01. The van der Waals surface area contributed by atoms with Crippen LogP contribution in [-0.2, 0) is 0 Å². The Balaban J connectivity index is 1.94. The minimum atomic E-state index is 0.191. The van der Waals surface area contributed by atoms with E-state index in [2.05, 4.69) is 5.32 Å². The lowest BCUT2D eigenvalue weighted by atomic mass is 10.1. The van der Waals surface area contributed by atoms with E-state index in [0.29, 0.717) is 16.3 Å². The van der Waals surface area contributed by atoms with Gasteiger partial charge in [-0.05, 0) is 48.9 Å². The first-order valence-electron chi connectivity index (χ1n) is 7.93. The summed E-state index contributed by atoms with van der Waals surface area (Å²) in [5, 5.41) is 14.4. The number of para-hydroxylation sites is 1. The minimum Gasteiger partial charge on any atom is -0.507 e. The highest BCUT2D eigenvalue weighted by Crippen LogP contribution is 2.36. The van der Waals surface area contributed by atoms with Gasteiger partial charge in [-0.3, -0.25) is 4.40 Å². The van der Waals surface area contributed by atoms with Crippen LogP contribution in [0.3, 0.4) is 0 Å². The normalized spacial score (nSPS) is 11.0. The van der Waals surface area contributed by atoms with Crippen molar-refractivity contribution in [3.8, 4) is 17.0 Å². The molecule has 0 spiro atoms. The average molecular weight is 350 g/mol. The lowest BCUT2D eigenvalue weighted by Gasteiger charge is -2.12. The maximum Gasteiger partial charge on any atom is 0.143 e. The summed E-state index contributed by atoms with van der Waals surface area (Å²) in [5.74, 6) is 0.972. The smallest absolute Gasteiger partial charge is 0.143 e. The molecule has 4 rings (SSSR count). The Morgan fingerprint density at radius 2 is 1.80 bits per heavy atom. The van der Waals surface area contributed by atoms with Crippen LogP contribution < -0.4 is 5.32 Å². The summed E-state index contributed by atoms with van der Waals surface area (Å²) >= 11 is 6.25. The molecule has 0 bridgehead atoms. The Morgan fingerprint density at radius 1 is 1.00 bits per heavy atom.